The smallest absolute Gasteiger partial charge is 0.234 e. The Hall–Kier alpha value is -1.75. The van der Waals surface area contributed by atoms with E-state index in [9.17, 15) is 4.79 Å². The number of benzene rings is 2. The van der Waals surface area contributed by atoms with E-state index in [1.54, 1.807) is 12.1 Å². The van der Waals surface area contributed by atoms with E-state index in [1.807, 2.05) is 37.3 Å². The fraction of sp³-hybridized carbons (Fsp3) is 0.316. The molecule has 0 spiro atoms. The quantitative estimate of drug-likeness (QED) is 0.871. The average Bonchev–Trinajstić information content (AvgIpc) is 2.76. The summed E-state index contributed by atoms with van der Waals surface area (Å²) in [4.78, 5) is 14.5. The number of carbonyl (C=O) groups excluding carboxylic acids is 1. The van der Waals surface area contributed by atoms with Crippen LogP contribution in [0.3, 0.4) is 0 Å². The number of nitrogens with zero attached hydrogens (tertiary/aromatic N) is 1. The van der Waals surface area contributed by atoms with Crippen LogP contribution in [0.15, 0.2) is 42.5 Å². The maximum atomic E-state index is 12.4. The van der Waals surface area contributed by atoms with Crippen molar-refractivity contribution >= 4 is 29.1 Å². The van der Waals surface area contributed by atoms with Crippen LogP contribution in [0.4, 0.5) is 0 Å². The number of nitrogens with one attached hydrogen (secondary N) is 1. The Kier molecular flexibility index (Phi) is 5.84. The Morgan fingerprint density at radius 2 is 2.08 bits per heavy atom. The highest BCUT2D eigenvalue weighted by Gasteiger charge is 2.19. The van der Waals surface area contributed by atoms with Crippen molar-refractivity contribution in [1.29, 1.82) is 0 Å². The zero-order valence-electron chi connectivity index (χ0n) is 14.0. The van der Waals surface area contributed by atoms with E-state index in [1.165, 1.54) is 0 Å². The zero-order valence-corrected chi connectivity index (χ0v) is 15.5. The Bertz CT molecular complexity index is 767. The maximum Gasteiger partial charge on any atom is 0.234 e. The average molecular weight is 379 g/mol. The molecule has 1 N–H and O–H groups in total. The van der Waals surface area contributed by atoms with Gasteiger partial charge in [0.15, 0.2) is 0 Å². The van der Waals surface area contributed by atoms with Crippen molar-refractivity contribution < 1.29 is 9.53 Å². The molecule has 0 bridgehead atoms. The minimum absolute atomic E-state index is 0.0436. The Balaban J connectivity index is 1.60. The van der Waals surface area contributed by atoms with Crippen LogP contribution in [-0.4, -0.2) is 30.5 Å². The molecule has 3 rings (SSSR count). The topological polar surface area (TPSA) is 41.6 Å². The van der Waals surface area contributed by atoms with Crippen LogP contribution in [-0.2, 0) is 11.3 Å². The third-order valence-corrected chi connectivity index (χ3v) is 4.77. The molecule has 1 heterocycles. The lowest BCUT2D eigenvalue weighted by atomic mass is 10.1. The predicted octanol–water partition coefficient (Wildman–Crippen LogP) is 4.07. The number of fused-ring (bicyclic) bond motifs is 1. The Morgan fingerprint density at radius 1 is 1.28 bits per heavy atom. The van der Waals surface area contributed by atoms with Crippen molar-refractivity contribution in [3.05, 3.63) is 63.6 Å². The van der Waals surface area contributed by atoms with Gasteiger partial charge in [-0.05, 0) is 30.7 Å². The molecule has 0 saturated carbocycles. The summed E-state index contributed by atoms with van der Waals surface area (Å²) in [7, 11) is 0. The van der Waals surface area contributed by atoms with Gasteiger partial charge in [0, 0.05) is 28.7 Å². The number of carbonyl (C=O) groups is 1. The van der Waals surface area contributed by atoms with Gasteiger partial charge in [-0.25, -0.2) is 0 Å². The van der Waals surface area contributed by atoms with Gasteiger partial charge in [0.25, 0.3) is 0 Å². The molecule has 0 aromatic heterocycles. The molecule has 132 valence electrons. The van der Waals surface area contributed by atoms with Gasteiger partial charge in [-0.15, -0.1) is 0 Å². The minimum Gasteiger partial charge on any atom is -0.492 e. The number of hydrogen-bond acceptors (Lipinski definition) is 3. The third kappa shape index (κ3) is 4.66. The number of ether oxygens (including phenoxy) is 1. The highest BCUT2D eigenvalue weighted by molar-refractivity contribution is 6.35. The summed E-state index contributed by atoms with van der Waals surface area (Å²) in [5, 5.41) is 4.13. The predicted molar refractivity (Wildman–Crippen MR) is 100 cm³/mol. The van der Waals surface area contributed by atoms with Crippen LogP contribution in [0.1, 0.15) is 24.1 Å². The first-order chi connectivity index (χ1) is 12.0. The molecule has 1 aliphatic heterocycles. The SMILES string of the molecule is CC(NC(=O)CN1CCOc2ccccc2C1)c1ccc(Cl)cc1Cl. The van der Waals surface area contributed by atoms with Gasteiger partial charge in [-0.2, -0.15) is 0 Å². The molecule has 0 saturated heterocycles. The van der Waals surface area contributed by atoms with Crippen LogP contribution in [0.2, 0.25) is 10.0 Å². The third-order valence-electron chi connectivity index (χ3n) is 4.21. The van der Waals surface area contributed by atoms with Gasteiger partial charge < -0.3 is 10.1 Å². The van der Waals surface area contributed by atoms with Gasteiger partial charge in [0.1, 0.15) is 12.4 Å². The lowest BCUT2D eigenvalue weighted by molar-refractivity contribution is -0.123. The number of amides is 1. The van der Waals surface area contributed by atoms with Crippen molar-refractivity contribution in [3.8, 4) is 5.75 Å². The first-order valence-corrected chi connectivity index (χ1v) is 8.96. The number of para-hydroxylation sites is 1. The van der Waals surface area contributed by atoms with Crippen LogP contribution in [0.5, 0.6) is 5.75 Å². The summed E-state index contributed by atoms with van der Waals surface area (Å²) in [5.74, 6) is 0.852. The van der Waals surface area contributed by atoms with E-state index in [2.05, 4.69) is 10.2 Å². The highest BCUT2D eigenvalue weighted by Crippen LogP contribution is 2.26. The summed E-state index contributed by atoms with van der Waals surface area (Å²) in [6, 6.07) is 13.0. The summed E-state index contributed by atoms with van der Waals surface area (Å²) in [6.07, 6.45) is 0. The molecule has 1 unspecified atom stereocenters. The molecule has 1 atom stereocenters. The molecule has 0 aliphatic carbocycles. The van der Waals surface area contributed by atoms with Crippen molar-refractivity contribution in [2.75, 3.05) is 19.7 Å². The zero-order chi connectivity index (χ0) is 17.8. The van der Waals surface area contributed by atoms with Gasteiger partial charge in [-0.3, -0.25) is 9.69 Å². The van der Waals surface area contributed by atoms with E-state index in [4.69, 9.17) is 27.9 Å². The molecule has 0 fully saturated rings. The van der Waals surface area contributed by atoms with Crippen molar-refractivity contribution in [3.63, 3.8) is 0 Å². The van der Waals surface area contributed by atoms with Crippen molar-refractivity contribution in [2.45, 2.75) is 19.5 Å². The lowest BCUT2D eigenvalue weighted by Gasteiger charge is -2.21. The van der Waals surface area contributed by atoms with Gasteiger partial charge >= 0.3 is 0 Å². The molecule has 4 nitrogen and oxygen atoms in total. The standard InChI is InChI=1S/C19H20Cl2N2O2/c1-13(16-7-6-15(20)10-17(16)21)22-19(24)12-23-8-9-25-18-5-3-2-4-14(18)11-23/h2-7,10,13H,8-9,11-12H2,1H3,(H,22,24). The molecule has 1 aliphatic rings. The second kappa shape index (κ2) is 8.09. The second-order valence-electron chi connectivity index (χ2n) is 6.12. The van der Waals surface area contributed by atoms with E-state index in [-0.39, 0.29) is 11.9 Å². The summed E-state index contributed by atoms with van der Waals surface area (Å²) < 4.78 is 5.73. The normalized spacial score (nSPS) is 15.6. The van der Waals surface area contributed by atoms with Gasteiger partial charge in [0.05, 0.1) is 12.6 Å². The molecule has 0 radical (unpaired) electrons. The molecule has 6 heteroatoms. The number of rotatable bonds is 4. The monoisotopic (exact) mass is 378 g/mol. The first kappa shape index (κ1) is 18.1. The maximum absolute atomic E-state index is 12.4. The Labute approximate surface area is 157 Å². The molecule has 25 heavy (non-hydrogen) atoms. The van der Waals surface area contributed by atoms with Crippen LogP contribution < -0.4 is 10.1 Å². The molecular weight excluding hydrogens is 359 g/mol. The van der Waals surface area contributed by atoms with E-state index >= 15 is 0 Å². The van der Waals surface area contributed by atoms with Crippen LogP contribution in [0.25, 0.3) is 0 Å². The molecular formula is C19H20Cl2N2O2. The van der Waals surface area contributed by atoms with Crippen LogP contribution in [0, 0.1) is 0 Å². The molecule has 2 aromatic rings. The van der Waals surface area contributed by atoms with Gasteiger partial charge in [0.2, 0.25) is 5.91 Å². The molecule has 2 aromatic carbocycles. The second-order valence-corrected chi connectivity index (χ2v) is 6.97. The van der Waals surface area contributed by atoms with Crippen LogP contribution >= 0.6 is 23.2 Å². The summed E-state index contributed by atoms with van der Waals surface area (Å²) in [5.41, 5.74) is 1.95. The highest BCUT2D eigenvalue weighted by atomic mass is 35.5. The van der Waals surface area contributed by atoms with Crippen molar-refractivity contribution in [2.24, 2.45) is 0 Å². The number of hydrogen-bond donors (Lipinski definition) is 1. The van der Waals surface area contributed by atoms with Crippen molar-refractivity contribution in [1.82, 2.24) is 10.2 Å². The van der Waals surface area contributed by atoms with E-state index in [0.29, 0.717) is 36.3 Å². The minimum atomic E-state index is -0.187. The fourth-order valence-corrected chi connectivity index (χ4v) is 3.51. The lowest BCUT2D eigenvalue weighted by Crippen LogP contribution is -2.39. The summed E-state index contributed by atoms with van der Waals surface area (Å²) >= 11 is 12.1. The summed E-state index contributed by atoms with van der Waals surface area (Å²) in [6.45, 7) is 4.20. The Morgan fingerprint density at radius 3 is 2.88 bits per heavy atom. The largest absolute Gasteiger partial charge is 0.492 e. The fourth-order valence-electron chi connectivity index (χ4n) is 2.94. The van der Waals surface area contributed by atoms with Gasteiger partial charge in [-0.1, -0.05) is 47.5 Å². The van der Waals surface area contributed by atoms with E-state index in [0.717, 1.165) is 16.9 Å². The van der Waals surface area contributed by atoms with E-state index < -0.39 is 0 Å². The molecule has 1 amide bonds. The first-order valence-electron chi connectivity index (χ1n) is 8.20. The number of halogens is 2.